The summed E-state index contributed by atoms with van der Waals surface area (Å²) in [7, 11) is 3.78. The van der Waals surface area contributed by atoms with Crippen LogP contribution in [-0.4, -0.2) is 102 Å². The van der Waals surface area contributed by atoms with Crippen molar-refractivity contribution in [3.8, 4) is 17.2 Å². The van der Waals surface area contributed by atoms with Gasteiger partial charge in [0.25, 0.3) is 0 Å². The smallest absolute Gasteiger partial charge is 0.360 e. The van der Waals surface area contributed by atoms with Crippen molar-refractivity contribution in [1.82, 2.24) is 24.9 Å². The van der Waals surface area contributed by atoms with Gasteiger partial charge in [0.15, 0.2) is 34.2 Å². The molecule has 0 aromatic carbocycles. The molecule has 23 heteroatoms. The fourth-order valence-corrected chi connectivity index (χ4v) is 6.44. The number of ether oxygens (including phenoxy) is 3. The number of nitrogens with zero attached hydrogens (tertiary/aromatic N) is 5. The van der Waals surface area contributed by atoms with E-state index >= 15 is 0 Å². The highest BCUT2D eigenvalue weighted by Gasteiger charge is 2.17. The summed E-state index contributed by atoms with van der Waals surface area (Å²) in [6.07, 6.45) is 2.72. The van der Waals surface area contributed by atoms with Crippen LogP contribution in [0.4, 0.5) is 0 Å². The molecule has 5 heterocycles. The lowest BCUT2D eigenvalue weighted by atomic mass is 10.1. The van der Waals surface area contributed by atoms with Crippen LogP contribution in [0.2, 0.25) is 0 Å². The minimum absolute atomic E-state index is 0.0602. The Kier molecular flexibility index (Phi) is 22.4. The first kappa shape index (κ1) is 51.9. The number of rotatable bonds is 5. The summed E-state index contributed by atoms with van der Waals surface area (Å²) in [5.41, 5.74) is 2.35. The predicted molar refractivity (Wildman–Crippen MR) is 227 cm³/mol. The van der Waals surface area contributed by atoms with Crippen molar-refractivity contribution in [1.29, 1.82) is 0 Å². The number of carbonyl (C=O) groups is 5. The van der Waals surface area contributed by atoms with E-state index < -0.39 is 29.8 Å². The van der Waals surface area contributed by atoms with E-state index in [0.29, 0.717) is 29.5 Å². The van der Waals surface area contributed by atoms with Crippen molar-refractivity contribution in [3.63, 3.8) is 0 Å². The van der Waals surface area contributed by atoms with Gasteiger partial charge in [-0.2, -0.15) is 0 Å². The first-order valence-corrected chi connectivity index (χ1v) is 19.6. The summed E-state index contributed by atoms with van der Waals surface area (Å²) in [5, 5.41) is 44.4. The molecule has 0 spiro atoms. The van der Waals surface area contributed by atoms with Crippen LogP contribution in [0, 0.1) is 20.8 Å². The molecule has 0 unspecified atom stereocenters. The number of carboxylic acids is 2. The van der Waals surface area contributed by atoms with Gasteiger partial charge in [-0.05, 0) is 144 Å². The number of aromatic carboxylic acids is 2. The fraction of sp³-hybridized carbons (Fsp3) is 0.167. The highest BCUT2D eigenvalue weighted by molar-refractivity contribution is 9.11. The van der Waals surface area contributed by atoms with Gasteiger partial charge in [-0.25, -0.2) is 48.9 Å². The van der Waals surface area contributed by atoms with Gasteiger partial charge in [0.05, 0.1) is 25.8 Å². The van der Waals surface area contributed by atoms with Gasteiger partial charge in [0.2, 0.25) is 0 Å². The molecule has 0 amide bonds. The maximum Gasteiger partial charge on any atom is 0.360 e. The first-order valence-electron chi connectivity index (χ1n) is 15.6. The fourth-order valence-electron chi connectivity index (χ4n) is 3.68. The molecule has 0 bridgehead atoms. The van der Waals surface area contributed by atoms with E-state index in [-0.39, 0.29) is 40.0 Å². The number of aryl methyl sites for hydroxylation is 1. The van der Waals surface area contributed by atoms with Crippen LogP contribution in [0.1, 0.15) is 69.1 Å². The number of carbonyl (C=O) groups excluding carboxylic acids is 3. The molecule has 0 fully saturated rings. The predicted octanol–water partition coefficient (Wildman–Crippen LogP) is 8.02. The van der Waals surface area contributed by atoms with Crippen LogP contribution in [0.5, 0.6) is 17.2 Å². The molecule has 5 aromatic rings. The van der Waals surface area contributed by atoms with Crippen LogP contribution in [-0.2, 0) is 14.2 Å². The van der Waals surface area contributed by atoms with Gasteiger partial charge < -0.3 is 39.7 Å². The van der Waals surface area contributed by atoms with Crippen LogP contribution in [0.3, 0.4) is 0 Å². The third kappa shape index (κ3) is 16.6. The summed E-state index contributed by atoms with van der Waals surface area (Å²) in [4.78, 5) is 72.6. The van der Waals surface area contributed by atoms with Crippen LogP contribution in [0.25, 0.3) is 0 Å². The number of carboxylic acid groups (broad SMARTS) is 2. The van der Waals surface area contributed by atoms with Crippen molar-refractivity contribution < 1.29 is 63.7 Å². The van der Waals surface area contributed by atoms with Crippen molar-refractivity contribution >= 4 is 109 Å². The summed E-state index contributed by atoms with van der Waals surface area (Å²) in [5.74, 6) is -4.67. The lowest BCUT2D eigenvalue weighted by Crippen LogP contribution is -2.07. The molecule has 5 rings (SSSR count). The Labute approximate surface area is 377 Å². The minimum Gasteiger partial charge on any atom is -0.505 e. The van der Waals surface area contributed by atoms with Gasteiger partial charge in [-0.3, -0.25) is 0 Å². The molecular formula is C36H32Br5N5O13. The standard InChI is InChI=1S/C8H7Br2NO2.C8H8BrNO2.C7H5Br2NO3.C7H7NO3.C6H5NO3/c1-4-5(9)3-6(10)11-7(4)8(12)13-2;1-4-3-6(9)10-7(5(4)2)8(11)12;1-13-7(12)5-6(11)3(8)2-4(9)10-5;1-11-7(10)6-5(9)3-2-4-8-6;8-4-2-1-3-7-5(4)6(9)10/h3H,1-2H3;3H,1-2H3,(H,11,12);2,11H,1H3;2-4,9H,1H3;1-3,8H,(H,9,10). The molecule has 0 saturated heterocycles. The number of pyridine rings is 5. The first-order chi connectivity index (χ1) is 27.6. The monoisotopic (exact) mass is 1140 g/mol. The number of hydrogen-bond acceptors (Lipinski definition) is 16. The molecule has 0 saturated carbocycles. The molecule has 0 radical (unpaired) electrons. The summed E-state index contributed by atoms with van der Waals surface area (Å²) < 4.78 is 16.2. The van der Waals surface area contributed by atoms with E-state index in [2.05, 4.69) is 119 Å². The van der Waals surface area contributed by atoms with Crippen molar-refractivity contribution in [2.45, 2.75) is 20.8 Å². The Morgan fingerprint density at radius 1 is 0.525 bits per heavy atom. The minimum atomic E-state index is -1.22. The molecule has 0 aliphatic heterocycles. The van der Waals surface area contributed by atoms with Crippen LogP contribution < -0.4 is 0 Å². The zero-order chi connectivity index (χ0) is 45.1. The van der Waals surface area contributed by atoms with Crippen LogP contribution in [0.15, 0.2) is 77.6 Å². The molecule has 0 atom stereocenters. The molecule has 0 aliphatic rings. The quantitative estimate of drug-likeness (QED) is 0.0633. The second-order valence-corrected chi connectivity index (χ2v) is 14.7. The maximum absolute atomic E-state index is 11.2. The Hall–Kier alpha value is -5.10. The average Bonchev–Trinajstić information content (AvgIpc) is 3.19. The van der Waals surface area contributed by atoms with Crippen LogP contribution >= 0.6 is 79.6 Å². The van der Waals surface area contributed by atoms with Gasteiger partial charge in [0.1, 0.15) is 25.3 Å². The number of hydrogen-bond donors (Lipinski definition) is 5. The van der Waals surface area contributed by atoms with Crippen molar-refractivity contribution in [3.05, 3.63) is 123 Å². The average molecular weight is 1140 g/mol. The highest BCUT2D eigenvalue weighted by atomic mass is 79.9. The molecule has 18 nitrogen and oxygen atoms in total. The van der Waals surface area contributed by atoms with Gasteiger partial charge in [-0.1, -0.05) is 15.9 Å². The number of aromatic nitrogens is 5. The Morgan fingerprint density at radius 2 is 0.915 bits per heavy atom. The molecule has 314 valence electrons. The zero-order valence-electron chi connectivity index (χ0n) is 31.3. The Morgan fingerprint density at radius 3 is 1.36 bits per heavy atom. The highest BCUT2D eigenvalue weighted by Crippen LogP contribution is 2.29. The number of esters is 3. The topological polar surface area (TPSA) is 279 Å². The molecule has 59 heavy (non-hydrogen) atoms. The zero-order valence-corrected chi connectivity index (χ0v) is 39.3. The van der Waals surface area contributed by atoms with Gasteiger partial charge in [-0.15, -0.1) is 0 Å². The molecule has 5 N–H and O–H groups in total. The number of halogens is 5. The summed E-state index contributed by atoms with van der Waals surface area (Å²) >= 11 is 15.8. The van der Waals surface area contributed by atoms with E-state index in [1.807, 2.05) is 6.92 Å². The Balaban J connectivity index is 0.000000370. The van der Waals surface area contributed by atoms with E-state index in [1.165, 1.54) is 64.1 Å². The lowest BCUT2D eigenvalue weighted by molar-refractivity contribution is 0.0581. The van der Waals surface area contributed by atoms with E-state index in [0.717, 1.165) is 15.6 Å². The summed E-state index contributed by atoms with van der Waals surface area (Å²) in [6, 6.07) is 10.7. The second-order valence-electron chi connectivity index (χ2n) is 10.6. The Bertz CT molecular complexity index is 2250. The van der Waals surface area contributed by atoms with E-state index in [4.69, 9.17) is 20.4 Å². The second kappa shape index (κ2) is 25.4. The summed E-state index contributed by atoms with van der Waals surface area (Å²) in [6.45, 7) is 5.40. The van der Waals surface area contributed by atoms with Crippen molar-refractivity contribution in [2.75, 3.05) is 21.3 Å². The normalized spacial score (nSPS) is 9.61. The molecule has 0 aliphatic carbocycles. The van der Waals surface area contributed by atoms with Crippen molar-refractivity contribution in [2.24, 2.45) is 0 Å². The molecule has 5 aromatic heterocycles. The molecular weight excluding hydrogens is 1110 g/mol. The van der Waals surface area contributed by atoms with Gasteiger partial charge in [0, 0.05) is 16.9 Å². The largest absolute Gasteiger partial charge is 0.505 e. The number of aromatic hydroxyl groups is 3. The number of methoxy groups -OCH3 is 3. The van der Waals surface area contributed by atoms with E-state index in [9.17, 15) is 29.1 Å². The maximum atomic E-state index is 11.2. The third-order valence-corrected chi connectivity index (χ3v) is 9.35. The third-order valence-electron chi connectivity index (χ3n) is 6.71. The van der Waals surface area contributed by atoms with Gasteiger partial charge >= 0.3 is 29.8 Å². The lowest BCUT2D eigenvalue weighted by Gasteiger charge is -2.04. The SMILES string of the molecule is COC(=O)c1nc(Br)cc(Br)c1C.COC(=O)c1nc(Br)cc(Br)c1O.COC(=O)c1ncccc1O.Cc1cc(Br)nc(C(=O)O)c1C.O=C(O)c1ncccc1O. The van der Waals surface area contributed by atoms with E-state index in [1.54, 1.807) is 26.0 Å².